The van der Waals surface area contributed by atoms with Gasteiger partial charge in [0.15, 0.2) is 9.84 Å². The zero-order valence-electron chi connectivity index (χ0n) is 12.7. The molecule has 0 saturated heterocycles. The summed E-state index contributed by atoms with van der Waals surface area (Å²) in [6.07, 6.45) is 4.12. The molecule has 1 rings (SSSR count). The second-order valence-electron chi connectivity index (χ2n) is 6.85. The van der Waals surface area contributed by atoms with Crippen molar-refractivity contribution in [2.45, 2.75) is 63.7 Å². The van der Waals surface area contributed by atoms with Crippen molar-refractivity contribution in [3.63, 3.8) is 0 Å². The highest BCUT2D eigenvalue weighted by Gasteiger charge is 2.35. The molecule has 0 aromatic rings. The monoisotopic (exact) mass is 291 g/mol. The van der Waals surface area contributed by atoms with Gasteiger partial charge in [-0.15, -0.1) is 0 Å². The summed E-state index contributed by atoms with van der Waals surface area (Å²) in [6.45, 7) is 8.15. The summed E-state index contributed by atoms with van der Waals surface area (Å²) in [5.41, 5.74) is 5.55. The molecule has 0 aliphatic heterocycles. The van der Waals surface area contributed by atoms with Gasteiger partial charge in [-0.3, -0.25) is 0 Å². The maximum atomic E-state index is 12.0. The second kappa shape index (κ2) is 6.10. The fourth-order valence-electron chi connectivity index (χ4n) is 2.37. The van der Waals surface area contributed by atoms with Gasteiger partial charge in [0.05, 0.1) is 22.7 Å². The van der Waals surface area contributed by atoms with E-state index >= 15 is 0 Å². The molecule has 1 aliphatic carbocycles. The highest BCUT2D eigenvalue weighted by atomic mass is 32.2. The maximum Gasteiger partial charge on any atom is 0.157 e. The van der Waals surface area contributed by atoms with Gasteiger partial charge in [0.2, 0.25) is 0 Å². The summed E-state index contributed by atoms with van der Waals surface area (Å²) in [4.78, 5) is 0. The van der Waals surface area contributed by atoms with E-state index in [2.05, 4.69) is 6.92 Å². The first kappa shape index (κ1) is 16.9. The van der Waals surface area contributed by atoms with Crippen LogP contribution in [0, 0.1) is 5.92 Å². The van der Waals surface area contributed by atoms with Crippen molar-refractivity contribution >= 4 is 9.84 Å². The molecule has 4 nitrogen and oxygen atoms in total. The third kappa shape index (κ3) is 4.43. The van der Waals surface area contributed by atoms with E-state index in [1.165, 1.54) is 0 Å². The SMILES string of the molecule is CC1CCC(CN)(OCCS(=O)(=O)C(C)(C)C)CC1. The van der Waals surface area contributed by atoms with Crippen molar-refractivity contribution < 1.29 is 13.2 Å². The summed E-state index contributed by atoms with van der Waals surface area (Å²) >= 11 is 0. The van der Waals surface area contributed by atoms with Crippen LogP contribution in [0.5, 0.6) is 0 Å². The van der Waals surface area contributed by atoms with Gasteiger partial charge < -0.3 is 10.5 Å². The van der Waals surface area contributed by atoms with Gasteiger partial charge in [-0.1, -0.05) is 6.92 Å². The Hall–Kier alpha value is -0.130. The first-order valence-corrected chi connectivity index (χ1v) is 8.83. The molecule has 0 spiro atoms. The van der Waals surface area contributed by atoms with E-state index in [4.69, 9.17) is 10.5 Å². The Kier molecular flexibility index (Phi) is 5.43. The first-order valence-electron chi connectivity index (χ1n) is 7.18. The standard InChI is InChI=1S/C14H29NO3S/c1-12-5-7-14(11-15,8-6-12)18-9-10-19(16,17)13(2,3)4/h12H,5-11,15H2,1-4H3. The van der Waals surface area contributed by atoms with E-state index < -0.39 is 14.6 Å². The predicted molar refractivity (Wildman–Crippen MR) is 78.9 cm³/mol. The number of nitrogens with two attached hydrogens (primary N) is 1. The molecule has 0 bridgehead atoms. The van der Waals surface area contributed by atoms with Crippen LogP contribution in [0.15, 0.2) is 0 Å². The third-order valence-corrected chi connectivity index (χ3v) is 6.82. The number of rotatable bonds is 5. The smallest absolute Gasteiger partial charge is 0.157 e. The average molecular weight is 291 g/mol. The molecule has 5 heteroatoms. The Morgan fingerprint density at radius 2 is 1.79 bits per heavy atom. The molecule has 0 amide bonds. The van der Waals surface area contributed by atoms with Crippen LogP contribution in [0.4, 0.5) is 0 Å². The maximum absolute atomic E-state index is 12.0. The lowest BCUT2D eigenvalue weighted by Crippen LogP contribution is -2.45. The molecule has 2 N–H and O–H groups in total. The van der Waals surface area contributed by atoms with E-state index in [0.717, 1.165) is 31.6 Å². The lowest BCUT2D eigenvalue weighted by molar-refractivity contribution is -0.0636. The van der Waals surface area contributed by atoms with Crippen molar-refractivity contribution in [1.29, 1.82) is 0 Å². The first-order chi connectivity index (χ1) is 8.62. The van der Waals surface area contributed by atoms with Gasteiger partial charge in [0.25, 0.3) is 0 Å². The van der Waals surface area contributed by atoms with E-state index in [-0.39, 0.29) is 18.0 Å². The molecule has 114 valence electrons. The van der Waals surface area contributed by atoms with E-state index in [0.29, 0.717) is 6.54 Å². The van der Waals surface area contributed by atoms with Crippen LogP contribution in [0.1, 0.15) is 53.4 Å². The fraction of sp³-hybridized carbons (Fsp3) is 1.00. The summed E-state index contributed by atoms with van der Waals surface area (Å²) in [5.74, 6) is 0.801. The minimum absolute atomic E-state index is 0.0772. The molecule has 0 aromatic carbocycles. The zero-order valence-corrected chi connectivity index (χ0v) is 13.6. The summed E-state index contributed by atoms with van der Waals surface area (Å²) in [6, 6.07) is 0. The number of hydrogen-bond donors (Lipinski definition) is 1. The van der Waals surface area contributed by atoms with E-state index in [1.54, 1.807) is 20.8 Å². The van der Waals surface area contributed by atoms with Gasteiger partial charge in [-0.05, 0) is 52.4 Å². The Morgan fingerprint density at radius 3 is 2.21 bits per heavy atom. The fourth-order valence-corrected chi connectivity index (χ4v) is 3.28. The van der Waals surface area contributed by atoms with Crippen molar-refractivity contribution in [2.24, 2.45) is 11.7 Å². The molecule has 0 radical (unpaired) electrons. The molecular formula is C14H29NO3S. The zero-order chi connectivity index (χ0) is 14.7. The topological polar surface area (TPSA) is 69.4 Å². The third-order valence-electron chi connectivity index (χ3n) is 4.25. The second-order valence-corrected chi connectivity index (χ2v) is 9.71. The normalized spacial score (nSPS) is 29.4. The van der Waals surface area contributed by atoms with Crippen LogP contribution in [0.2, 0.25) is 0 Å². The molecular weight excluding hydrogens is 262 g/mol. The highest BCUT2D eigenvalue weighted by molar-refractivity contribution is 7.92. The van der Waals surface area contributed by atoms with Crippen LogP contribution in [-0.2, 0) is 14.6 Å². The lowest BCUT2D eigenvalue weighted by atomic mass is 9.79. The van der Waals surface area contributed by atoms with Crippen molar-refractivity contribution in [3.05, 3.63) is 0 Å². The highest BCUT2D eigenvalue weighted by Crippen LogP contribution is 2.34. The van der Waals surface area contributed by atoms with E-state index in [9.17, 15) is 8.42 Å². The molecule has 1 aliphatic rings. The van der Waals surface area contributed by atoms with Crippen LogP contribution in [-0.4, -0.2) is 37.7 Å². The van der Waals surface area contributed by atoms with Gasteiger partial charge >= 0.3 is 0 Å². The molecule has 1 saturated carbocycles. The Bertz CT molecular complexity index is 376. The van der Waals surface area contributed by atoms with Gasteiger partial charge in [-0.2, -0.15) is 0 Å². The quantitative estimate of drug-likeness (QED) is 0.842. The average Bonchev–Trinajstić information content (AvgIpc) is 2.30. The molecule has 0 aromatic heterocycles. The molecule has 0 unspecified atom stereocenters. The van der Waals surface area contributed by atoms with Gasteiger partial charge in [-0.25, -0.2) is 8.42 Å². The number of ether oxygens (including phenoxy) is 1. The molecule has 0 heterocycles. The van der Waals surface area contributed by atoms with E-state index in [1.807, 2.05) is 0 Å². The Labute approximate surface area is 118 Å². The van der Waals surface area contributed by atoms with Crippen molar-refractivity contribution in [3.8, 4) is 0 Å². The Morgan fingerprint density at radius 1 is 1.26 bits per heavy atom. The van der Waals surface area contributed by atoms with Crippen molar-refractivity contribution in [2.75, 3.05) is 18.9 Å². The van der Waals surface area contributed by atoms with Crippen molar-refractivity contribution in [1.82, 2.24) is 0 Å². The predicted octanol–water partition coefficient (Wildman–Crippen LogP) is 2.12. The summed E-state index contributed by atoms with van der Waals surface area (Å²) in [7, 11) is -3.11. The molecule has 0 atom stereocenters. The van der Waals surface area contributed by atoms with Crippen LogP contribution >= 0.6 is 0 Å². The van der Waals surface area contributed by atoms with Crippen LogP contribution in [0.25, 0.3) is 0 Å². The van der Waals surface area contributed by atoms with Gasteiger partial charge in [0, 0.05) is 6.54 Å². The summed E-state index contributed by atoms with van der Waals surface area (Å²) in [5, 5.41) is 0. The molecule has 1 fully saturated rings. The Balaban J connectivity index is 2.52. The number of hydrogen-bond acceptors (Lipinski definition) is 4. The van der Waals surface area contributed by atoms with Crippen LogP contribution < -0.4 is 5.73 Å². The summed E-state index contributed by atoms with van der Waals surface area (Å²) < 4.78 is 29.2. The minimum Gasteiger partial charge on any atom is -0.373 e. The minimum atomic E-state index is -3.11. The van der Waals surface area contributed by atoms with Gasteiger partial charge in [0.1, 0.15) is 0 Å². The number of sulfone groups is 1. The van der Waals surface area contributed by atoms with Crippen LogP contribution in [0.3, 0.4) is 0 Å². The lowest BCUT2D eigenvalue weighted by Gasteiger charge is -2.38. The largest absolute Gasteiger partial charge is 0.373 e. The molecule has 19 heavy (non-hydrogen) atoms.